The number of non-ortho nitro benzene ring substituents is 1. The Morgan fingerprint density at radius 1 is 1.47 bits per heavy atom. The molecular weight excluding hydrogens is 241 g/mol. The minimum Gasteiger partial charge on any atom is -0.258 e. The van der Waals surface area contributed by atoms with Crippen molar-refractivity contribution < 1.29 is 4.92 Å². The minimum absolute atomic E-state index is 0.0950. The quantitative estimate of drug-likeness (QED) is 0.574. The Labute approximate surface area is 94.3 Å². The number of aromatic nitrogens is 2. The molecule has 2 rings (SSSR count). The predicted molar refractivity (Wildman–Crippen MR) is 57.4 cm³/mol. The van der Waals surface area contributed by atoms with Crippen molar-refractivity contribution in [1.82, 2.24) is 9.78 Å². The van der Waals surface area contributed by atoms with Gasteiger partial charge in [0.1, 0.15) is 10.7 Å². The van der Waals surface area contributed by atoms with Crippen LogP contribution in [0.4, 0.5) is 5.69 Å². The van der Waals surface area contributed by atoms with Gasteiger partial charge in [0.25, 0.3) is 5.69 Å². The van der Waals surface area contributed by atoms with Crippen LogP contribution in [0, 0.1) is 10.1 Å². The summed E-state index contributed by atoms with van der Waals surface area (Å²) in [5.74, 6) is 0. The fourth-order valence-corrected chi connectivity index (χ4v) is 1.75. The number of aryl methyl sites for hydroxylation is 1. The topological polar surface area (TPSA) is 61.0 Å². The average Bonchev–Trinajstić information content (AvgIpc) is 2.45. The molecule has 0 atom stereocenters. The first-order valence-corrected chi connectivity index (χ1v) is 4.72. The van der Waals surface area contributed by atoms with E-state index in [0.29, 0.717) is 16.1 Å². The number of nitro groups is 1. The molecule has 0 unspecified atom stereocenters. The molecule has 5 nitrogen and oxygen atoms in total. The van der Waals surface area contributed by atoms with Crippen LogP contribution in [0.25, 0.3) is 10.9 Å². The number of fused-ring (bicyclic) bond motifs is 1. The molecule has 0 amide bonds. The van der Waals surface area contributed by atoms with Gasteiger partial charge in [0.15, 0.2) is 0 Å². The van der Waals surface area contributed by atoms with Gasteiger partial charge in [-0.25, -0.2) is 0 Å². The number of hydrogen-bond donors (Lipinski definition) is 0. The number of benzene rings is 1. The summed E-state index contributed by atoms with van der Waals surface area (Å²) in [6.07, 6.45) is 0. The van der Waals surface area contributed by atoms with Gasteiger partial charge in [0, 0.05) is 24.6 Å². The summed E-state index contributed by atoms with van der Waals surface area (Å²) in [4.78, 5) is 10.1. The Morgan fingerprint density at radius 2 is 2.13 bits per heavy atom. The van der Waals surface area contributed by atoms with Crippen molar-refractivity contribution in [2.24, 2.45) is 7.05 Å². The third-order valence-corrected chi connectivity index (χ3v) is 2.75. The second-order valence-corrected chi connectivity index (χ2v) is 3.76. The molecule has 1 aromatic carbocycles. The van der Waals surface area contributed by atoms with E-state index in [1.807, 2.05) is 0 Å². The maximum atomic E-state index is 10.6. The largest absolute Gasteiger partial charge is 0.271 e. The van der Waals surface area contributed by atoms with Gasteiger partial charge in [0.05, 0.1) is 9.95 Å². The molecule has 0 radical (unpaired) electrons. The summed E-state index contributed by atoms with van der Waals surface area (Å²) < 4.78 is 1.42. The molecule has 1 aromatic heterocycles. The van der Waals surface area contributed by atoms with Gasteiger partial charge in [-0.1, -0.05) is 23.2 Å². The lowest BCUT2D eigenvalue weighted by molar-refractivity contribution is -0.384. The van der Waals surface area contributed by atoms with Crippen molar-refractivity contribution in [2.75, 3.05) is 0 Å². The maximum absolute atomic E-state index is 10.6. The van der Waals surface area contributed by atoms with Crippen LogP contribution in [0.1, 0.15) is 0 Å². The van der Waals surface area contributed by atoms with E-state index >= 15 is 0 Å². The highest BCUT2D eigenvalue weighted by molar-refractivity contribution is 6.39. The van der Waals surface area contributed by atoms with Crippen molar-refractivity contribution >= 4 is 39.8 Å². The lowest BCUT2D eigenvalue weighted by Gasteiger charge is -1.93. The van der Waals surface area contributed by atoms with Crippen molar-refractivity contribution in [3.63, 3.8) is 0 Å². The summed E-state index contributed by atoms with van der Waals surface area (Å²) in [6.45, 7) is 0. The standard InChI is InChI=1S/C8H5Cl2N3O2/c1-12-8(10)5-2-4(13(14)15)3-6(9)7(5)11-12/h2-3H,1H3. The Hall–Kier alpha value is -1.33. The summed E-state index contributed by atoms with van der Waals surface area (Å²) in [6, 6.07) is 2.61. The van der Waals surface area contributed by atoms with E-state index in [-0.39, 0.29) is 10.7 Å². The molecule has 0 saturated carbocycles. The fraction of sp³-hybridized carbons (Fsp3) is 0.125. The number of nitro benzene ring substituents is 1. The Bertz CT molecular complexity index is 565. The van der Waals surface area contributed by atoms with E-state index in [4.69, 9.17) is 23.2 Å². The van der Waals surface area contributed by atoms with Gasteiger partial charge in [-0.05, 0) is 0 Å². The van der Waals surface area contributed by atoms with E-state index in [9.17, 15) is 10.1 Å². The number of hydrogen-bond acceptors (Lipinski definition) is 3. The van der Waals surface area contributed by atoms with Crippen LogP contribution >= 0.6 is 23.2 Å². The lowest BCUT2D eigenvalue weighted by Crippen LogP contribution is -1.88. The Kier molecular flexibility index (Phi) is 2.28. The summed E-state index contributed by atoms with van der Waals surface area (Å²) in [7, 11) is 1.64. The minimum atomic E-state index is -0.519. The van der Waals surface area contributed by atoms with E-state index in [1.165, 1.54) is 16.8 Å². The fourth-order valence-electron chi connectivity index (χ4n) is 1.32. The third kappa shape index (κ3) is 1.53. The predicted octanol–water partition coefficient (Wildman–Crippen LogP) is 2.79. The van der Waals surface area contributed by atoms with Crippen molar-refractivity contribution in [3.05, 3.63) is 32.4 Å². The monoisotopic (exact) mass is 245 g/mol. The number of rotatable bonds is 1. The van der Waals surface area contributed by atoms with Crippen LogP contribution in [-0.2, 0) is 7.05 Å². The SMILES string of the molecule is Cn1nc2c(Cl)cc([N+](=O)[O-])cc2c1Cl. The van der Waals surface area contributed by atoms with E-state index < -0.39 is 4.92 Å². The molecule has 15 heavy (non-hydrogen) atoms. The zero-order chi connectivity index (χ0) is 11.2. The molecule has 0 aliphatic carbocycles. The molecule has 0 bridgehead atoms. The number of halogens is 2. The molecule has 78 valence electrons. The first kappa shape index (κ1) is 10.2. The molecule has 1 heterocycles. The molecule has 0 saturated heterocycles. The van der Waals surface area contributed by atoms with Crippen LogP contribution in [0.2, 0.25) is 10.2 Å². The Balaban J connectivity index is 2.85. The molecule has 7 heteroatoms. The van der Waals surface area contributed by atoms with Crippen LogP contribution in [0.5, 0.6) is 0 Å². The molecule has 2 aromatic rings. The molecule has 0 fully saturated rings. The smallest absolute Gasteiger partial charge is 0.258 e. The first-order chi connectivity index (χ1) is 7.00. The first-order valence-electron chi connectivity index (χ1n) is 3.97. The van der Waals surface area contributed by atoms with E-state index in [2.05, 4.69) is 5.10 Å². The average molecular weight is 246 g/mol. The number of nitrogens with zero attached hydrogens (tertiary/aromatic N) is 3. The molecule has 0 spiro atoms. The molecule has 0 N–H and O–H groups in total. The van der Waals surface area contributed by atoms with Gasteiger partial charge in [0.2, 0.25) is 0 Å². The maximum Gasteiger partial charge on any atom is 0.271 e. The summed E-state index contributed by atoms with van der Waals surface area (Å²) in [5.41, 5.74) is 0.372. The van der Waals surface area contributed by atoms with Crippen LogP contribution in [-0.4, -0.2) is 14.7 Å². The van der Waals surface area contributed by atoms with Crippen LogP contribution < -0.4 is 0 Å². The molecule has 0 aliphatic heterocycles. The highest BCUT2D eigenvalue weighted by Gasteiger charge is 2.16. The van der Waals surface area contributed by atoms with E-state index in [0.717, 1.165) is 0 Å². The highest BCUT2D eigenvalue weighted by Crippen LogP contribution is 2.32. The summed E-state index contributed by atoms with van der Waals surface area (Å²) >= 11 is 11.8. The normalized spacial score (nSPS) is 10.9. The Morgan fingerprint density at radius 3 is 2.73 bits per heavy atom. The van der Waals surface area contributed by atoms with Crippen molar-refractivity contribution in [2.45, 2.75) is 0 Å². The highest BCUT2D eigenvalue weighted by atomic mass is 35.5. The van der Waals surface area contributed by atoms with Gasteiger partial charge >= 0.3 is 0 Å². The zero-order valence-electron chi connectivity index (χ0n) is 7.57. The summed E-state index contributed by atoms with van der Waals surface area (Å²) in [5, 5.41) is 15.7. The van der Waals surface area contributed by atoms with Gasteiger partial charge in [-0.2, -0.15) is 5.10 Å². The second kappa shape index (κ2) is 3.36. The third-order valence-electron chi connectivity index (χ3n) is 2.02. The molecule has 0 aliphatic rings. The van der Waals surface area contributed by atoms with Gasteiger partial charge < -0.3 is 0 Å². The molecular formula is C8H5Cl2N3O2. The van der Waals surface area contributed by atoms with Gasteiger partial charge in [-0.15, -0.1) is 0 Å². The van der Waals surface area contributed by atoms with Gasteiger partial charge in [-0.3, -0.25) is 14.8 Å². The van der Waals surface area contributed by atoms with Crippen LogP contribution in [0.3, 0.4) is 0 Å². The van der Waals surface area contributed by atoms with E-state index in [1.54, 1.807) is 7.05 Å². The lowest BCUT2D eigenvalue weighted by atomic mass is 10.2. The second-order valence-electron chi connectivity index (χ2n) is 3.00. The zero-order valence-corrected chi connectivity index (χ0v) is 9.08. The van der Waals surface area contributed by atoms with Crippen LogP contribution in [0.15, 0.2) is 12.1 Å². The van der Waals surface area contributed by atoms with Crippen molar-refractivity contribution in [3.8, 4) is 0 Å². The van der Waals surface area contributed by atoms with Crippen molar-refractivity contribution in [1.29, 1.82) is 0 Å².